The molecule has 12 heavy (non-hydrogen) atoms. The predicted molar refractivity (Wildman–Crippen MR) is 57.4 cm³/mol. The van der Waals surface area contributed by atoms with Crippen LogP contribution in [0.1, 0.15) is 59.8 Å². The molecule has 0 fully saturated rings. The maximum Gasteiger partial charge on any atom is -0.0321 e. The summed E-state index contributed by atoms with van der Waals surface area (Å²) in [6, 6.07) is 0. The molecule has 0 N–H and O–H groups in total. The molecule has 0 aromatic heterocycles. The van der Waals surface area contributed by atoms with E-state index in [-0.39, 0.29) is 0 Å². The van der Waals surface area contributed by atoms with Crippen molar-refractivity contribution < 1.29 is 0 Å². The van der Waals surface area contributed by atoms with Gasteiger partial charge in [0.2, 0.25) is 0 Å². The highest BCUT2D eigenvalue weighted by atomic mass is 14.1. The van der Waals surface area contributed by atoms with Crippen LogP contribution < -0.4 is 0 Å². The van der Waals surface area contributed by atoms with Crippen LogP contribution in [0.3, 0.4) is 0 Å². The summed E-state index contributed by atoms with van der Waals surface area (Å²) in [6.07, 6.45) is 9.04. The first-order valence-corrected chi connectivity index (χ1v) is 5.32. The van der Waals surface area contributed by atoms with E-state index in [4.69, 9.17) is 0 Å². The van der Waals surface area contributed by atoms with Crippen molar-refractivity contribution in [3.05, 3.63) is 11.6 Å². The standard InChI is InChI=1S/C12H24/c1-5-7-8-12(4)10-9-11(3)6-2/h6,12H,5,7-10H2,1-4H3/b11-6-. The summed E-state index contributed by atoms with van der Waals surface area (Å²) < 4.78 is 0. The lowest BCUT2D eigenvalue weighted by Gasteiger charge is -2.09. The summed E-state index contributed by atoms with van der Waals surface area (Å²) in [5.41, 5.74) is 1.54. The fourth-order valence-corrected chi connectivity index (χ4v) is 1.32. The second kappa shape index (κ2) is 7.39. The van der Waals surface area contributed by atoms with Gasteiger partial charge in [0.25, 0.3) is 0 Å². The van der Waals surface area contributed by atoms with E-state index >= 15 is 0 Å². The molecular weight excluding hydrogens is 144 g/mol. The van der Waals surface area contributed by atoms with Gasteiger partial charge in [-0.05, 0) is 32.6 Å². The zero-order valence-electron chi connectivity index (χ0n) is 9.19. The van der Waals surface area contributed by atoms with E-state index in [0.717, 1.165) is 5.92 Å². The lowest BCUT2D eigenvalue weighted by molar-refractivity contribution is 0.471. The zero-order chi connectivity index (χ0) is 9.40. The quantitative estimate of drug-likeness (QED) is 0.510. The van der Waals surface area contributed by atoms with Crippen molar-refractivity contribution >= 4 is 0 Å². The Labute approximate surface area is 78.1 Å². The fraction of sp³-hybridized carbons (Fsp3) is 0.833. The van der Waals surface area contributed by atoms with Crippen LogP contribution in [0.25, 0.3) is 0 Å². The Kier molecular flexibility index (Phi) is 7.23. The first-order valence-electron chi connectivity index (χ1n) is 5.32. The van der Waals surface area contributed by atoms with Gasteiger partial charge in [-0.1, -0.05) is 44.8 Å². The Morgan fingerprint density at radius 2 is 2.00 bits per heavy atom. The van der Waals surface area contributed by atoms with E-state index in [1.165, 1.54) is 32.1 Å². The molecular formula is C12H24. The summed E-state index contributed by atoms with van der Waals surface area (Å²) in [7, 11) is 0. The lowest BCUT2D eigenvalue weighted by atomic mass is 9.97. The Morgan fingerprint density at radius 3 is 2.50 bits per heavy atom. The molecule has 0 heteroatoms. The van der Waals surface area contributed by atoms with Gasteiger partial charge in [0.05, 0.1) is 0 Å². The summed E-state index contributed by atoms with van der Waals surface area (Å²) >= 11 is 0. The molecule has 0 nitrogen and oxygen atoms in total. The largest absolute Gasteiger partial charge is 0.0887 e. The molecule has 0 aromatic rings. The van der Waals surface area contributed by atoms with Gasteiger partial charge in [-0.25, -0.2) is 0 Å². The summed E-state index contributed by atoms with van der Waals surface area (Å²) in [5.74, 6) is 0.917. The van der Waals surface area contributed by atoms with Crippen molar-refractivity contribution in [2.45, 2.75) is 59.8 Å². The normalized spacial score (nSPS) is 14.8. The van der Waals surface area contributed by atoms with Gasteiger partial charge in [0.15, 0.2) is 0 Å². The van der Waals surface area contributed by atoms with Crippen LogP contribution in [0.4, 0.5) is 0 Å². The zero-order valence-corrected chi connectivity index (χ0v) is 9.19. The summed E-state index contributed by atoms with van der Waals surface area (Å²) in [4.78, 5) is 0. The lowest BCUT2D eigenvalue weighted by Crippen LogP contribution is -1.94. The average Bonchev–Trinajstić information content (AvgIpc) is 2.10. The molecule has 0 heterocycles. The highest BCUT2D eigenvalue weighted by Crippen LogP contribution is 2.16. The van der Waals surface area contributed by atoms with E-state index in [1.54, 1.807) is 5.57 Å². The predicted octanol–water partition coefficient (Wildman–Crippen LogP) is 4.56. The third kappa shape index (κ3) is 6.45. The highest BCUT2D eigenvalue weighted by molar-refractivity contribution is 4.95. The second-order valence-electron chi connectivity index (χ2n) is 3.92. The molecule has 0 saturated carbocycles. The monoisotopic (exact) mass is 168 g/mol. The van der Waals surface area contributed by atoms with Gasteiger partial charge in [-0.15, -0.1) is 0 Å². The molecule has 72 valence electrons. The molecule has 1 unspecified atom stereocenters. The first kappa shape index (κ1) is 11.7. The third-order valence-corrected chi connectivity index (χ3v) is 2.57. The Morgan fingerprint density at radius 1 is 1.33 bits per heavy atom. The van der Waals surface area contributed by atoms with Crippen LogP contribution in [-0.2, 0) is 0 Å². The van der Waals surface area contributed by atoms with Crippen molar-refractivity contribution in [2.75, 3.05) is 0 Å². The maximum atomic E-state index is 2.37. The molecule has 0 aliphatic rings. The molecule has 0 aliphatic carbocycles. The molecule has 0 spiro atoms. The van der Waals surface area contributed by atoms with Crippen molar-refractivity contribution in [3.8, 4) is 0 Å². The van der Waals surface area contributed by atoms with Gasteiger partial charge in [0, 0.05) is 0 Å². The molecule has 0 bridgehead atoms. The Balaban J connectivity index is 3.37. The minimum absolute atomic E-state index is 0.917. The van der Waals surface area contributed by atoms with Crippen LogP contribution in [0.5, 0.6) is 0 Å². The van der Waals surface area contributed by atoms with Gasteiger partial charge >= 0.3 is 0 Å². The van der Waals surface area contributed by atoms with Crippen molar-refractivity contribution in [1.82, 2.24) is 0 Å². The summed E-state index contributed by atoms with van der Waals surface area (Å²) in [5, 5.41) is 0. The molecule has 0 radical (unpaired) electrons. The van der Waals surface area contributed by atoms with Gasteiger partial charge in [-0.3, -0.25) is 0 Å². The maximum absolute atomic E-state index is 2.37. The SMILES string of the molecule is C/C=C(/C)CCC(C)CCCC. The number of allylic oxidation sites excluding steroid dienone is 2. The van der Waals surface area contributed by atoms with Gasteiger partial charge in [0.1, 0.15) is 0 Å². The number of hydrogen-bond donors (Lipinski definition) is 0. The minimum Gasteiger partial charge on any atom is -0.0887 e. The first-order chi connectivity index (χ1) is 5.70. The Bertz CT molecular complexity index is 122. The minimum atomic E-state index is 0.917. The molecule has 0 aliphatic heterocycles. The summed E-state index contributed by atoms with van der Waals surface area (Å²) in [6.45, 7) is 9.00. The van der Waals surface area contributed by atoms with Crippen LogP contribution >= 0.6 is 0 Å². The van der Waals surface area contributed by atoms with Crippen LogP contribution in [0, 0.1) is 5.92 Å². The third-order valence-electron chi connectivity index (χ3n) is 2.57. The Hall–Kier alpha value is -0.260. The highest BCUT2D eigenvalue weighted by Gasteiger charge is 2.00. The number of rotatable bonds is 6. The topological polar surface area (TPSA) is 0 Å². The van der Waals surface area contributed by atoms with Crippen LogP contribution in [0.2, 0.25) is 0 Å². The van der Waals surface area contributed by atoms with Gasteiger partial charge in [-0.2, -0.15) is 0 Å². The van der Waals surface area contributed by atoms with Crippen LogP contribution in [0.15, 0.2) is 11.6 Å². The average molecular weight is 168 g/mol. The van der Waals surface area contributed by atoms with E-state index in [0.29, 0.717) is 0 Å². The van der Waals surface area contributed by atoms with Crippen molar-refractivity contribution in [2.24, 2.45) is 5.92 Å². The van der Waals surface area contributed by atoms with Gasteiger partial charge < -0.3 is 0 Å². The number of hydrogen-bond acceptors (Lipinski definition) is 0. The van der Waals surface area contributed by atoms with Crippen molar-refractivity contribution in [3.63, 3.8) is 0 Å². The fourth-order valence-electron chi connectivity index (χ4n) is 1.32. The van der Waals surface area contributed by atoms with E-state index in [1.807, 2.05) is 0 Å². The van der Waals surface area contributed by atoms with E-state index in [9.17, 15) is 0 Å². The molecule has 1 atom stereocenters. The van der Waals surface area contributed by atoms with Crippen LogP contribution in [-0.4, -0.2) is 0 Å². The molecule has 0 rings (SSSR count). The number of unbranched alkanes of at least 4 members (excludes halogenated alkanes) is 1. The van der Waals surface area contributed by atoms with Crippen molar-refractivity contribution in [1.29, 1.82) is 0 Å². The molecule has 0 amide bonds. The van der Waals surface area contributed by atoms with E-state index in [2.05, 4.69) is 33.8 Å². The molecule has 0 saturated heterocycles. The second-order valence-corrected chi connectivity index (χ2v) is 3.92. The van der Waals surface area contributed by atoms with E-state index < -0.39 is 0 Å². The molecule has 0 aromatic carbocycles. The smallest absolute Gasteiger partial charge is 0.0321 e.